The van der Waals surface area contributed by atoms with E-state index in [0.717, 1.165) is 36.2 Å². The first-order chi connectivity index (χ1) is 11.9. The number of aromatic nitrogens is 5. The molecule has 24 heavy (non-hydrogen) atoms. The lowest BCUT2D eigenvalue weighted by Crippen LogP contribution is -2.27. The lowest BCUT2D eigenvalue weighted by atomic mass is 10.1. The van der Waals surface area contributed by atoms with Crippen LogP contribution in [0.4, 0.5) is 0 Å². The number of imidazole rings is 1. The third-order valence-electron chi connectivity index (χ3n) is 4.20. The van der Waals surface area contributed by atoms with Gasteiger partial charge in [0, 0.05) is 30.9 Å². The number of nitrogens with one attached hydrogen (secondary N) is 1. The van der Waals surface area contributed by atoms with Crippen molar-refractivity contribution in [2.75, 3.05) is 6.54 Å². The van der Waals surface area contributed by atoms with Crippen molar-refractivity contribution >= 4 is 10.8 Å². The molecule has 0 amide bonds. The van der Waals surface area contributed by atoms with Crippen LogP contribution in [0.2, 0.25) is 0 Å². The molecule has 0 saturated heterocycles. The fraction of sp³-hybridized carbons (Fsp3) is 0.176. The minimum atomic E-state index is 0.418. The molecule has 1 aliphatic rings. The van der Waals surface area contributed by atoms with Crippen LogP contribution in [0, 0.1) is 0 Å². The zero-order chi connectivity index (χ0) is 15.9. The summed E-state index contributed by atoms with van der Waals surface area (Å²) in [6.07, 6.45) is 3.72. The van der Waals surface area contributed by atoms with E-state index < -0.39 is 0 Å². The summed E-state index contributed by atoms with van der Waals surface area (Å²) in [7, 11) is 0. The largest absolute Gasteiger partial charge is 0.332 e. The van der Waals surface area contributed by atoms with Crippen LogP contribution in [0.5, 0.6) is 0 Å². The summed E-state index contributed by atoms with van der Waals surface area (Å²) in [6.45, 7) is 2.60. The van der Waals surface area contributed by atoms with Crippen LogP contribution >= 0.6 is 0 Å². The molecule has 4 heterocycles. The molecule has 0 saturated carbocycles. The Hall–Kier alpha value is -3.06. The summed E-state index contributed by atoms with van der Waals surface area (Å²) < 4.78 is 7.55. The molecule has 0 unspecified atom stereocenters. The molecule has 7 nitrogen and oxygen atoms in total. The number of hydrogen-bond acceptors (Lipinski definition) is 6. The molecule has 3 aromatic heterocycles. The Labute approximate surface area is 137 Å². The fourth-order valence-electron chi connectivity index (χ4n) is 3.01. The summed E-state index contributed by atoms with van der Waals surface area (Å²) in [5, 5.41) is 9.50. The van der Waals surface area contributed by atoms with E-state index >= 15 is 0 Å². The molecule has 1 aromatic carbocycles. The summed E-state index contributed by atoms with van der Waals surface area (Å²) in [5.41, 5.74) is 1.42. The van der Waals surface area contributed by atoms with Gasteiger partial charge in [-0.25, -0.2) is 4.98 Å². The summed E-state index contributed by atoms with van der Waals surface area (Å²) in [6, 6.07) is 9.99. The van der Waals surface area contributed by atoms with Crippen LogP contribution < -0.4 is 5.32 Å². The Morgan fingerprint density at radius 2 is 2.08 bits per heavy atom. The standard InChI is InChI=1S/C17H14N6O/c1-2-4-12-11(3-1)5-6-19-15(12)16-21-17(24-22-16)13-10-23-8-7-18-9-14(23)20-13/h1-6,10,18H,7-9H2. The van der Waals surface area contributed by atoms with Gasteiger partial charge in [0.05, 0.1) is 6.54 Å². The number of pyridine rings is 1. The van der Waals surface area contributed by atoms with Gasteiger partial charge >= 0.3 is 0 Å². The molecule has 4 aromatic rings. The van der Waals surface area contributed by atoms with Crippen molar-refractivity contribution in [3.8, 4) is 23.1 Å². The maximum Gasteiger partial charge on any atom is 0.278 e. The van der Waals surface area contributed by atoms with Crippen molar-refractivity contribution in [1.29, 1.82) is 0 Å². The van der Waals surface area contributed by atoms with Crippen LogP contribution in [-0.2, 0) is 13.1 Å². The normalized spacial score (nSPS) is 14.0. The first-order valence-electron chi connectivity index (χ1n) is 7.83. The first kappa shape index (κ1) is 13.4. The minimum Gasteiger partial charge on any atom is -0.332 e. The molecule has 1 N–H and O–H groups in total. The quantitative estimate of drug-likeness (QED) is 0.610. The minimum absolute atomic E-state index is 0.418. The predicted molar refractivity (Wildman–Crippen MR) is 88.0 cm³/mol. The van der Waals surface area contributed by atoms with Crippen LogP contribution in [0.25, 0.3) is 33.9 Å². The molecule has 5 rings (SSSR count). The van der Waals surface area contributed by atoms with Gasteiger partial charge in [0.25, 0.3) is 5.89 Å². The third kappa shape index (κ3) is 2.10. The van der Waals surface area contributed by atoms with Crippen molar-refractivity contribution in [2.24, 2.45) is 0 Å². The molecule has 0 fully saturated rings. The highest BCUT2D eigenvalue weighted by Gasteiger charge is 2.19. The molecule has 0 atom stereocenters. The average Bonchev–Trinajstić information content (AvgIpc) is 3.28. The fourth-order valence-corrected chi connectivity index (χ4v) is 3.01. The molecule has 1 aliphatic heterocycles. The lowest BCUT2D eigenvalue weighted by molar-refractivity contribution is 0.431. The van der Waals surface area contributed by atoms with Crippen LogP contribution in [0.1, 0.15) is 5.82 Å². The Kier molecular flexibility index (Phi) is 2.92. The lowest BCUT2D eigenvalue weighted by Gasteiger charge is -2.13. The van der Waals surface area contributed by atoms with Crippen LogP contribution in [0.3, 0.4) is 0 Å². The zero-order valence-corrected chi connectivity index (χ0v) is 12.8. The van der Waals surface area contributed by atoms with Gasteiger partial charge in [-0.1, -0.05) is 29.4 Å². The zero-order valence-electron chi connectivity index (χ0n) is 12.8. The van der Waals surface area contributed by atoms with Crippen molar-refractivity contribution in [3.63, 3.8) is 0 Å². The second kappa shape index (κ2) is 5.24. The van der Waals surface area contributed by atoms with Gasteiger partial charge in [0.1, 0.15) is 17.2 Å². The maximum atomic E-state index is 5.43. The number of nitrogens with zero attached hydrogens (tertiary/aromatic N) is 5. The Bertz CT molecular complexity index is 1010. The SMILES string of the molecule is c1ccc2c(-c3noc(-c4cn5c(n4)CNCC5)n3)nccc2c1. The number of benzene rings is 1. The van der Waals surface area contributed by atoms with Crippen LogP contribution in [-0.4, -0.2) is 31.2 Å². The van der Waals surface area contributed by atoms with Crippen molar-refractivity contribution in [1.82, 2.24) is 30.0 Å². The number of fused-ring (bicyclic) bond motifs is 2. The Morgan fingerprint density at radius 3 is 3.04 bits per heavy atom. The van der Waals surface area contributed by atoms with E-state index in [1.165, 1.54) is 0 Å². The molecule has 7 heteroatoms. The van der Waals surface area contributed by atoms with E-state index in [-0.39, 0.29) is 0 Å². The highest BCUT2D eigenvalue weighted by molar-refractivity contribution is 5.92. The van der Waals surface area contributed by atoms with E-state index in [2.05, 4.69) is 30.0 Å². The molecule has 0 bridgehead atoms. The van der Waals surface area contributed by atoms with Gasteiger partial charge in [-0.2, -0.15) is 4.98 Å². The highest BCUT2D eigenvalue weighted by atomic mass is 16.5. The molecule has 0 aliphatic carbocycles. The highest BCUT2D eigenvalue weighted by Crippen LogP contribution is 2.26. The van der Waals surface area contributed by atoms with E-state index in [9.17, 15) is 0 Å². The van der Waals surface area contributed by atoms with Crippen molar-refractivity contribution < 1.29 is 4.52 Å². The number of hydrogen-bond donors (Lipinski definition) is 1. The van der Waals surface area contributed by atoms with Gasteiger partial charge < -0.3 is 14.4 Å². The second-order valence-electron chi connectivity index (χ2n) is 5.72. The van der Waals surface area contributed by atoms with Crippen molar-refractivity contribution in [3.05, 3.63) is 48.5 Å². The maximum absolute atomic E-state index is 5.43. The monoisotopic (exact) mass is 318 g/mol. The molecule has 0 spiro atoms. The molecule has 118 valence electrons. The summed E-state index contributed by atoms with van der Waals surface area (Å²) in [5.74, 6) is 1.88. The molecular weight excluding hydrogens is 304 g/mol. The van der Waals surface area contributed by atoms with E-state index in [4.69, 9.17) is 4.52 Å². The molecule has 0 radical (unpaired) electrons. The van der Waals surface area contributed by atoms with E-state index in [0.29, 0.717) is 23.1 Å². The van der Waals surface area contributed by atoms with Gasteiger partial charge in [-0.15, -0.1) is 0 Å². The first-order valence-corrected chi connectivity index (χ1v) is 7.83. The third-order valence-corrected chi connectivity index (χ3v) is 4.20. The smallest absolute Gasteiger partial charge is 0.278 e. The van der Waals surface area contributed by atoms with Gasteiger partial charge in [-0.3, -0.25) is 4.98 Å². The topological polar surface area (TPSA) is 81.7 Å². The van der Waals surface area contributed by atoms with Crippen LogP contribution in [0.15, 0.2) is 47.2 Å². The van der Waals surface area contributed by atoms with Gasteiger partial charge in [0.15, 0.2) is 0 Å². The number of rotatable bonds is 2. The van der Waals surface area contributed by atoms with E-state index in [1.54, 1.807) is 6.20 Å². The van der Waals surface area contributed by atoms with Gasteiger partial charge in [-0.05, 0) is 11.5 Å². The molecular formula is C17H14N6O. The summed E-state index contributed by atoms with van der Waals surface area (Å²) >= 11 is 0. The summed E-state index contributed by atoms with van der Waals surface area (Å²) in [4.78, 5) is 13.5. The van der Waals surface area contributed by atoms with Gasteiger partial charge in [0.2, 0.25) is 5.82 Å². The average molecular weight is 318 g/mol. The van der Waals surface area contributed by atoms with Crippen molar-refractivity contribution in [2.45, 2.75) is 13.1 Å². The van der Waals surface area contributed by atoms with E-state index in [1.807, 2.05) is 36.5 Å². The predicted octanol–water partition coefficient (Wildman–Crippen LogP) is 2.25. The second-order valence-corrected chi connectivity index (χ2v) is 5.72. The Balaban J connectivity index is 1.58. The Morgan fingerprint density at radius 1 is 1.12 bits per heavy atom.